The minimum atomic E-state index is -4.64. The highest BCUT2D eigenvalue weighted by molar-refractivity contribution is 7.16. The minimum absolute atomic E-state index is 0.223. The first-order valence-corrected chi connectivity index (χ1v) is 7.19. The van der Waals surface area contributed by atoms with Gasteiger partial charge in [0.25, 0.3) is 0 Å². The molecule has 3 aromatic rings. The molecular weight excluding hydrogens is 334 g/mol. The van der Waals surface area contributed by atoms with Gasteiger partial charge < -0.3 is 4.74 Å². The van der Waals surface area contributed by atoms with Gasteiger partial charge in [-0.05, 0) is 36.4 Å². The van der Waals surface area contributed by atoms with Crippen molar-refractivity contribution in [2.45, 2.75) is 6.18 Å². The van der Waals surface area contributed by atoms with Gasteiger partial charge in [-0.2, -0.15) is 13.2 Å². The van der Waals surface area contributed by atoms with Crippen molar-refractivity contribution in [3.63, 3.8) is 0 Å². The third kappa shape index (κ3) is 2.70. The molecule has 2 aromatic carbocycles. The number of aromatic nitrogens is 1. The zero-order valence-electron chi connectivity index (χ0n) is 11.6. The van der Waals surface area contributed by atoms with E-state index in [2.05, 4.69) is 0 Å². The fourth-order valence-corrected chi connectivity index (χ4v) is 3.13. The van der Waals surface area contributed by atoms with Gasteiger partial charge in [-0.15, -0.1) is 0 Å². The third-order valence-corrected chi connectivity index (χ3v) is 4.21. The summed E-state index contributed by atoms with van der Waals surface area (Å²) in [5.74, 6) is -0.587. The maximum absolute atomic E-state index is 14.1. The van der Waals surface area contributed by atoms with Crippen molar-refractivity contribution >= 4 is 21.6 Å². The fourth-order valence-electron chi connectivity index (χ4n) is 2.22. The van der Waals surface area contributed by atoms with Gasteiger partial charge in [-0.1, -0.05) is 11.3 Å². The van der Waals surface area contributed by atoms with Gasteiger partial charge in [-0.25, -0.2) is 4.39 Å². The van der Waals surface area contributed by atoms with Crippen LogP contribution in [0.3, 0.4) is 0 Å². The molecule has 0 amide bonds. The predicted octanol–water partition coefficient (Wildman–Crippen LogP) is 4.22. The number of rotatable bonds is 2. The van der Waals surface area contributed by atoms with Crippen LogP contribution in [-0.2, 0) is 6.18 Å². The molecule has 0 aliphatic rings. The van der Waals surface area contributed by atoms with Crippen molar-refractivity contribution in [3.05, 3.63) is 57.4 Å². The van der Waals surface area contributed by atoms with Crippen molar-refractivity contribution < 1.29 is 22.3 Å². The predicted molar refractivity (Wildman–Crippen MR) is 78.9 cm³/mol. The lowest BCUT2D eigenvalue weighted by molar-refractivity contribution is -0.137. The molecule has 3 nitrogen and oxygen atoms in total. The first kappa shape index (κ1) is 15.5. The highest BCUT2D eigenvalue weighted by Crippen LogP contribution is 2.32. The van der Waals surface area contributed by atoms with Crippen LogP contribution in [0.5, 0.6) is 5.75 Å². The lowest BCUT2D eigenvalue weighted by Gasteiger charge is -2.10. The number of benzene rings is 2. The molecule has 23 heavy (non-hydrogen) atoms. The number of ether oxygens (including phenoxy) is 1. The molecule has 0 unspecified atom stereocenters. The van der Waals surface area contributed by atoms with Gasteiger partial charge >= 0.3 is 11.0 Å². The first-order valence-electron chi connectivity index (χ1n) is 6.38. The van der Waals surface area contributed by atoms with Crippen molar-refractivity contribution in [3.8, 4) is 11.4 Å². The van der Waals surface area contributed by atoms with E-state index in [1.807, 2.05) is 0 Å². The van der Waals surface area contributed by atoms with Crippen LogP contribution in [0.2, 0.25) is 0 Å². The van der Waals surface area contributed by atoms with Gasteiger partial charge in [0, 0.05) is 0 Å². The second kappa shape index (κ2) is 5.38. The number of halogens is 4. The van der Waals surface area contributed by atoms with E-state index in [-0.39, 0.29) is 5.69 Å². The smallest absolute Gasteiger partial charge is 0.416 e. The molecule has 0 N–H and O–H groups in total. The molecule has 0 radical (unpaired) electrons. The Morgan fingerprint density at radius 3 is 2.48 bits per heavy atom. The Kier molecular flexibility index (Phi) is 3.63. The molecule has 0 bridgehead atoms. The molecule has 1 aromatic heterocycles. The van der Waals surface area contributed by atoms with Crippen molar-refractivity contribution in [1.82, 2.24) is 4.57 Å². The maximum Gasteiger partial charge on any atom is 0.416 e. The normalized spacial score (nSPS) is 11.9. The van der Waals surface area contributed by atoms with Gasteiger partial charge in [0.2, 0.25) is 0 Å². The van der Waals surface area contributed by atoms with E-state index in [1.54, 1.807) is 18.2 Å². The third-order valence-electron chi connectivity index (χ3n) is 3.30. The van der Waals surface area contributed by atoms with Crippen LogP contribution in [0, 0.1) is 5.82 Å². The summed E-state index contributed by atoms with van der Waals surface area (Å²) in [5, 5.41) is 0. The molecule has 0 saturated carbocycles. The molecule has 8 heteroatoms. The number of hydrogen-bond donors (Lipinski definition) is 0. The summed E-state index contributed by atoms with van der Waals surface area (Å²) in [7, 11) is 1.47. The van der Waals surface area contributed by atoms with Crippen molar-refractivity contribution in [2.75, 3.05) is 7.11 Å². The van der Waals surface area contributed by atoms with Gasteiger partial charge in [0.15, 0.2) is 0 Å². The summed E-state index contributed by atoms with van der Waals surface area (Å²) in [6, 6.07) is 6.85. The molecule has 0 aliphatic heterocycles. The van der Waals surface area contributed by atoms with Crippen LogP contribution >= 0.6 is 11.3 Å². The van der Waals surface area contributed by atoms with Crippen LogP contribution in [0.25, 0.3) is 15.9 Å². The molecule has 0 spiro atoms. The largest absolute Gasteiger partial charge is 0.497 e. The van der Waals surface area contributed by atoms with Crippen molar-refractivity contribution in [2.24, 2.45) is 0 Å². The van der Waals surface area contributed by atoms with Crippen molar-refractivity contribution in [1.29, 1.82) is 0 Å². The quantitative estimate of drug-likeness (QED) is 0.653. The summed E-state index contributed by atoms with van der Waals surface area (Å²) in [4.78, 5) is 11.6. The Morgan fingerprint density at radius 2 is 1.87 bits per heavy atom. The van der Waals surface area contributed by atoms with Gasteiger partial charge in [0.1, 0.15) is 11.6 Å². The highest BCUT2D eigenvalue weighted by atomic mass is 32.1. The molecule has 120 valence electrons. The maximum atomic E-state index is 14.1. The van der Waals surface area contributed by atoms with Crippen LogP contribution < -0.4 is 9.61 Å². The zero-order chi connectivity index (χ0) is 16.8. The summed E-state index contributed by atoms with van der Waals surface area (Å²) in [6.07, 6.45) is -4.64. The Bertz CT molecular complexity index is 943. The second-order valence-electron chi connectivity index (χ2n) is 4.70. The van der Waals surface area contributed by atoms with E-state index in [0.717, 1.165) is 28.0 Å². The van der Waals surface area contributed by atoms with E-state index in [9.17, 15) is 22.4 Å². The average Bonchev–Trinajstić information content (AvgIpc) is 2.81. The molecule has 3 rings (SSSR count). The lowest BCUT2D eigenvalue weighted by Crippen LogP contribution is -2.13. The SMILES string of the molecule is COc1ccc2c(c1)sc(=O)n2-c1ccc(C(F)(F)F)cc1F. The lowest BCUT2D eigenvalue weighted by atomic mass is 10.2. The number of hydrogen-bond acceptors (Lipinski definition) is 3. The highest BCUT2D eigenvalue weighted by Gasteiger charge is 2.31. The summed E-state index contributed by atoms with van der Waals surface area (Å²) in [5.41, 5.74) is -0.924. The van der Waals surface area contributed by atoms with E-state index in [1.165, 1.54) is 7.11 Å². The molecule has 0 aliphatic carbocycles. The Morgan fingerprint density at radius 1 is 1.13 bits per heavy atom. The van der Waals surface area contributed by atoms with E-state index in [0.29, 0.717) is 22.0 Å². The first-order chi connectivity index (χ1) is 10.8. The zero-order valence-corrected chi connectivity index (χ0v) is 12.5. The standard InChI is InChI=1S/C15H9F4NO2S/c1-22-9-3-5-12-13(7-9)23-14(21)20(12)11-4-2-8(6-10(11)16)15(17,18)19/h2-7H,1H3. The van der Waals surface area contributed by atoms with Crippen LogP contribution in [0.1, 0.15) is 5.56 Å². The monoisotopic (exact) mass is 343 g/mol. The molecule has 0 fully saturated rings. The number of fused-ring (bicyclic) bond motifs is 1. The molecule has 0 atom stereocenters. The summed E-state index contributed by atoms with van der Waals surface area (Å²) < 4.78 is 58.6. The Balaban J connectivity index is 2.21. The van der Waals surface area contributed by atoms with E-state index < -0.39 is 22.4 Å². The second-order valence-corrected chi connectivity index (χ2v) is 5.69. The van der Waals surface area contributed by atoms with Crippen LogP contribution in [0.15, 0.2) is 41.2 Å². The van der Waals surface area contributed by atoms with Gasteiger partial charge in [0.05, 0.1) is 28.6 Å². The Labute approximate surface area is 131 Å². The van der Waals surface area contributed by atoms with Crippen LogP contribution in [0.4, 0.5) is 17.6 Å². The van der Waals surface area contributed by atoms with E-state index in [4.69, 9.17) is 4.74 Å². The Hall–Kier alpha value is -2.35. The topological polar surface area (TPSA) is 31.2 Å². The summed E-state index contributed by atoms with van der Waals surface area (Å²) in [6.45, 7) is 0. The number of methoxy groups -OCH3 is 1. The molecular formula is C15H9F4NO2S. The minimum Gasteiger partial charge on any atom is -0.497 e. The number of nitrogens with zero attached hydrogens (tertiary/aromatic N) is 1. The number of alkyl halides is 3. The number of thiazole rings is 1. The fraction of sp³-hybridized carbons (Fsp3) is 0.133. The van der Waals surface area contributed by atoms with Gasteiger partial charge in [-0.3, -0.25) is 9.36 Å². The molecule has 0 saturated heterocycles. The van der Waals surface area contributed by atoms with Crippen LogP contribution in [-0.4, -0.2) is 11.7 Å². The average molecular weight is 343 g/mol. The molecule has 1 heterocycles. The summed E-state index contributed by atoms with van der Waals surface area (Å²) >= 11 is 0.860. The van der Waals surface area contributed by atoms with E-state index >= 15 is 0 Å².